The van der Waals surface area contributed by atoms with Gasteiger partial charge < -0.3 is 10.2 Å². The van der Waals surface area contributed by atoms with E-state index < -0.39 is 23.8 Å². The number of nitrogens with zero attached hydrogens (tertiary/aromatic N) is 5. The van der Waals surface area contributed by atoms with Gasteiger partial charge in [0.1, 0.15) is 0 Å². The van der Waals surface area contributed by atoms with E-state index in [1.807, 2.05) is 20.0 Å². The summed E-state index contributed by atoms with van der Waals surface area (Å²) >= 11 is 0. The molecule has 4 rings (SSSR count). The minimum absolute atomic E-state index is 0.138. The Kier molecular flexibility index (Phi) is 5.96. The first-order chi connectivity index (χ1) is 15.6. The topological polar surface area (TPSA) is 86.3 Å². The maximum absolute atomic E-state index is 13.0. The molecular weight excluding hydrogens is 437 g/mol. The van der Waals surface area contributed by atoms with Crippen LogP contribution in [0, 0.1) is 13.8 Å². The van der Waals surface area contributed by atoms with Crippen molar-refractivity contribution in [2.45, 2.75) is 52.6 Å². The van der Waals surface area contributed by atoms with Crippen LogP contribution in [0.3, 0.4) is 0 Å². The van der Waals surface area contributed by atoms with Gasteiger partial charge in [-0.1, -0.05) is 17.3 Å². The molecule has 11 heteroatoms. The van der Waals surface area contributed by atoms with E-state index in [9.17, 15) is 18.0 Å². The molecule has 33 heavy (non-hydrogen) atoms. The van der Waals surface area contributed by atoms with Gasteiger partial charge in [0, 0.05) is 36.5 Å². The minimum atomic E-state index is -4.41. The summed E-state index contributed by atoms with van der Waals surface area (Å²) < 4.78 is 42.2. The van der Waals surface area contributed by atoms with E-state index in [2.05, 4.69) is 20.7 Å². The highest BCUT2D eigenvalue weighted by Crippen LogP contribution is 2.30. The van der Waals surface area contributed by atoms with Crippen LogP contribution in [-0.4, -0.2) is 37.3 Å². The molecule has 0 radical (unpaired) electrons. The lowest BCUT2D eigenvalue weighted by Gasteiger charge is -2.10. The number of aryl methyl sites for hydroxylation is 3. The highest BCUT2D eigenvalue weighted by atomic mass is 19.4. The lowest BCUT2D eigenvalue weighted by Crippen LogP contribution is -2.28. The second-order valence-corrected chi connectivity index (χ2v) is 7.84. The van der Waals surface area contributed by atoms with Gasteiger partial charge in [-0.05, 0) is 38.5 Å². The summed E-state index contributed by atoms with van der Waals surface area (Å²) in [6.07, 6.45) is -3.05. The fraction of sp³-hybridized carbons (Fsp3) is 0.364. The molecule has 1 aliphatic rings. The van der Waals surface area contributed by atoms with Crippen LogP contribution in [0.5, 0.6) is 0 Å². The summed E-state index contributed by atoms with van der Waals surface area (Å²) in [6, 6.07) is 6.73. The number of carbonyl (C=O) groups excluding carboxylic acids is 1. The first-order valence-corrected chi connectivity index (χ1v) is 10.4. The molecule has 0 aliphatic carbocycles. The zero-order chi connectivity index (χ0) is 23.8. The smallest absolute Gasteiger partial charge is 0.382 e. The van der Waals surface area contributed by atoms with Crippen LogP contribution < -0.4 is 5.32 Å². The largest absolute Gasteiger partial charge is 0.416 e. The molecule has 0 fully saturated rings. The van der Waals surface area contributed by atoms with E-state index in [0.29, 0.717) is 23.4 Å². The summed E-state index contributed by atoms with van der Waals surface area (Å²) in [6.45, 7) is 6.48. The van der Waals surface area contributed by atoms with Gasteiger partial charge in [0.05, 0.1) is 23.5 Å². The third kappa shape index (κ3) is 4.91. The molecule has 1 atom stereocenters. The Balaban J connectivity index is 1.40. The minimum Gasteiger partial charge on any atom is -0.382 e. The Morgan fingerprint density at radius 2 is 2.03 bits per heavy atom. The molecule has 174 valence electrons. The van der Waals surface area contributed by atoms with Crippen molar-refractivity contribution in [1.29, 1.82) is 0 Å². The Morgan fingerprint density at radius 1 is 1.24 bits per heavy atom. The van der Waals surface area contributed by atoms with Crippen molar-refractivity contribution in [3.05, 3.63) is 64.6 Å². The van der Waals surface area contributed by atoms with Crippen molar-refractivity contribution in [3.8, 4) is 0 Å². The SMILES string of the molecule is CCn1cc(C2=NOC(C(=O)Nc3cc(C)n(Cc4cccc(C(F)(F)F)c4)n3)C2)c(C)n1. The van der Waals surface area contributed by atoms with E-state index in [1.54, 1.807) is 23.7 Å². The quantitative estimate of drug-likeness (QED) is 0.604. The molecule has 0 bridgehead atoms. The monoisotopic (exact) mass is 460 g/mol. The van der Waals surface area contributed by atoms with Crippen molar-refractivity contribution >= 4 is 17.4 Å². The molecule has 0 spiro atoms. The van der Waals surface area contributed by atoms with Crippen LogP contribution in [0.15, 0.2) is 41.7 Å². The second kappa shape index (κ2) is 8.72. The summed E-state index contributed by atoms with van der Waals surface area (Å²) in [5.41, 5.74) is 2.73. The summed E-state index contributed by atoms with van der Waals surface area (Å²) in [4.78, 5) is 18.0. The van der Waals surface area contributed by atoms with Crippen molar-refractivity contribution in [3.63, 3.8) is 0 Å². The van der Waals surface area contributed by atoms with Crippen molar-refractivity contribution < 1.29 is 22.8 Å². The van der Waals surface area contributed by atoms with Crippen LogP contribution in [0.2, 0.25) is 0 Å². The standard InChI is InChI=1S/C22H23F3N6O2/c1-4-30-12-17(14(3)27-30)18-10-19(33-29-18)21(32)26-20-8-13(2)31(28-20)11-15-6-5-7-16(9-15)22(23,24)25/h5-9,12,19H,4,10-11H2,1-3H3,(H,26,28,32). The van der Waals surface area contributed by atoms with Crippen molar-refractivity contribution in [2.24, 2.45) is 5.16 Å². The number of anilines is 1. The number of aromatic nitrogens is 4. The number of benzene rings is 1. The normalized spacial score (nSPS) is 15.9. The maximum atomic E-state index is 13.0. The average molecular weight is 460 g/mol. The number of amides is 1. The highest BCUT2D eigenvalue weighted by Gasteiger charge is 2.31. The molecule has 3 heterocycles. The molecule has 1 N–H and O–H groups in total. The van der Waals surface area contributed by atoms with E-state index in [-0.39, 0.29) is 12.4 Å². The van der Waals surface area contributed by atoms with Gasteiger partial charge in [-0.25, -0.2) is 0 Å². The summed E-state index contributed by atoms with van der Waals surface area (Å²) in [5.74, 6) is -0.116. The zero-order valence-corrected chi connectivity index (χ0v) is 18.3. The maximum Gasteiger partial charge on any atom is 0.416 e. The lowest BCUT2D eigenvalue weighted by atomic mass is 10.1. The van der Waals surface area contributed by atoms with E-state index in [4.69, 9.17) is 4.84 Å². The fourth-order valence-corrected chi connectivity index (χ4v) is 3.60. The molecule has 1 amide bonds. The number of carbonyl (C=O) groups is 1. The molecule has 1 unspecified atom stereocenters. The van der Waals surface area contributed by atoms with E-state index in [1.165, 1.54) is 10.7 Å². The molecule has 2 aromatic heterocycles. The number of nitrogens with one attached hydrogen (secondary N) is 1. The molecule has 1 aliphatic heterocycles. The Morgan fingerprint density at radius 3 is 2.73 bits per heavy atom. The lowest BCUT2D eigenvalue weighted by molar-refractivity contribution is -0.137. The number of halogens is 3. The van der Waals surface area contributed by atoms with Crippen LogP contribution in [0.25, 0.3) is 0 Å². The fourth-order valence-electron chi connectivity index (χ4n) is 3.60. The van der Waals surface area contributed by atoms with Gasteiger partial charge in [0.2, 0.25) is 6.10 Å². The number of hydrogen-bond acceptors (Lipinski definition) is 5. The van der Waals surface area contributed by atoms with Crippen molar-refractivity contribution in [2.75, 3.05) is 5.32 Å². The Bertz CT molecular complexity index is 1210. The molecule has 3 aromatic rings. The molecule has 0 saturated heterocycles. The van der Waals surface area contributed by atoms with Gasteiger partial charge in [-0.15, -0.1) is 0 Å². The molecular formula is C22H23F3N6O2. The third-order valence-corrected chi connectivity index (χ3v) is 5.36. The van der Waals surface area contributed by atoms with Gasteiger partial charge in [-0.2, -0.15) is 23.4 Å². The second-order valence-electron chi connectivity index (χ2n) is 7.84. The molecule has 0 saturated carbocycles. The van der Waals surface area contributed by atoms with Crippen LogP contribution in [0.1, 0.15) is 41.4 Å². The first kappa shape index (κ1) is 22.6. The van der Waals surface area contributed by atoms with Gasteiger partial charge in [0.15, 0.2) is 5.82 Å². The van der Waals surface area contributed by atoms with Crippen molar-refractivity contribution in [1.82, 2.24) is 19.6 Å². The number of rotatable bonds is 6. The zero-order valence-electron chi connectivity index (χ0n) is 18.3. The van der Waals surface area contributed by atoms with Crippen LogP contribution in [0.4, 0.5) is 19.0 Å². The predicted octanol–water partition coefficient (Wildman–Crippen LogP) is 3.92. The van der Waals surface area contributed by atoms with Crippen LogP contribution in [-0.2, 0) is 28.9 Å². The summed E-state index contributed by atoms with van der Waals surface area (Å²) in [7, 11) is 0. The van der Waals surface area contributed by atoms with Gasteiger partial charge in [-0.3, -0.25) is 14.2 Å². The average Bonchev–Trinajstić information content (AvgIpc) is 3.46. The number of hydrogen-bond donors (Lipinski definition) is 1. The molecule has 8 nitrogen and oxygen atoms in total. The highest BCUT2D eigenvalue weighted by molar-refractivity contribution is 6.06. The van der Waals surface area contributed by atoms with Crippen LogP contribution >= 0.6 is 0 Å². The van der Waals surface area contributed by atoms with Gasteiger partial charge >= 0.3 is 6.18 Å². The first-order valence-electron chi connectivity index (χ1n) is 10.4. The predicted molar refractivity (Wildman–Crippen MR) is 115 cm³/mol. The third-order valence-electron chi connectivity index (χ3n) is 5.36. The molecule has 1 aromatic carbocycles. The van der Waals surface area contributed by atoms with E-state index in [0.717, 1.165) is 29.9 Å². The Hall–Kier alpha value is -3.63. The van der Waals surface area contributed by atoms with Gasteiger partial charge in [0.25, 0.3) is 5.91 Å². The number of alkyl halides is 3. The summed E-state index contributed by atoms with van der Waals surface area (Å²) in [5, 5.41) is 15.4. The number of oxime groups is 1. The van der Waals surface area contributed by atoms with E-state index >= 15 is 0 Å². The Labute approximate surface area is 188 Å².